The van der Waals surface area contributed by atoms with E-state index < -0.39 is 23.7 Å². The molecule has 3 aromatic carbocycles. The first kappa shape index (κ1) is 28.9. The van der Waals surface area contributed by atoms with Crippen molar-refractivity contribution in [3.05, 3.63) is 90.3 Å². The number of unbranched alkanes of at least 4 members (excludes halogenated alkanes) is 4. The molecule has 1 fully saturated rings. The third-order valence-corrected chi connectivity index (χ3v) is 7.06. The minimum absolute atomic E-state index is 0.114. The molecule has 0 unspecified atom stereocenters. The van der Waals surface area contributed by atoms with Crippen molar-refractivity contribution >= 4 is 0 Å². The average Bonchev–Trinajstić information content (AvgIpc) is 2.96. The second kappa shape index (κ2) is 14.3. The Morgan fingerprint density at radius 1 is 0.846 bits per heavy atom. The highest BCUT2D eigenvalue weighted by Crippen LogP contribution is 2.34. The minimum atomic E-state index is -1.02. The molecule has 0 bridgehead atoms. The van der Waals surface area contributed by atoms with Crippen LogP contribution in [0.25, 0.3) is 22.3 Å². The Morgan fingerprint density at radius 3 is 2.21 bits per heavy atom. The van der Waals surface area contributed by atoms with E-state index in [0.29, 0.717) is 47.8 Å². The molecule has 1 saturated heterocycles. The summed E-state index contributed by atoms with van der Waals surface area (Å²) >= 11 is 0. The molecule has 0 N–H and O–H groups in total. The van der Waals surface area contributed by atoms with Crippen molar-refractivity contribution in [1.82, 2.24) is 0 Å². The summed E-state index contributed by atoms with van der Waals surface area (Å²) in [4.78, 5) is 0. The molecule has 0 aliphatic carbocycles. The Balaban J connectivity index is 1.39. The molecule has 0 radical (unpaired) electrons. The van der Waals surface area contributed by atoms with Crippen LogP contribution in [0.4, 0.5) is 13.2 Å². The zero-order valence-electron chi connectivity index (χ0n) is 22.6. The minimum Gasteiger partial charge on any atom is -0.490 e. The molecule has 1 aliphatic heterocycles. The molecule has 0 spiro atoms. The fraction of sp³-hybridized carbons (Fsp3) is 0.394. The van der Waals surface area contributed by atoms with Crippen LogP contribution in [0.1, 0.15) is 63.7 Å². The van der Waals surface area contributed by atoms with Gasteiger partial charge in [-0.25, -0.2) is 8.78 Å². The zero-order chi connectivity index (χ0) is 27.6. The van der Waals surface area contributed by atoms with E-state index in [-0.39, 0.29) is 17.9 Å². The smallest absolute Gasteiger partial charge is 0.201 e. The monoisotopic (exact) mass is 538 g/mol. The number of ether oxygens (including phenoxy) is 3. The molecule has 0 saturated carbocycles. The van der Waals surface area contributed by atoms with Gasteiger partial charge in [-0.2, -0.15) is 4.39 Å². The molecule has 1 heterocycles. The summed E-state index contributed by atoms with van der Waals surface area (Å²) < 4.78 is 61.6. The van der Waals surface area contributed by atoms with Crippen molar-refractivity contribution in [1.29, 1.82) is 0 Å². The summed E-state index contributed by atoms with van der Waals surface area (Å²) in [5.41, 5.74) is 2.28. The number of hydrogen-bond donors (Lipinski definition) is 0. The van der Waals surface area contributed by atoms with E-state index in [1.807, 2.05) is 0 Å². The van der Waals surface area contributed by atoms with Crippen molar-refractivity contribution in [2.75, 3.05) is 19.8 Å². The maximum absolute atomic E-state index is 15.1. The molecule has 3 nitrogen and oxygen atoms in total. The Hall–Kier alpha value is -3.09. The molecule has 6 heteroatoms. The van der Waals surface area contributed by atoms with E-state index >= 15 is 4.39 Å². The fourth-order valence-corrected chi connectivity index (χ4v) is 4.78. The van der Waals surface area contributed by atoms with Gasteiger partial charge in [0.1, 0.15) is 5.82 Å². The van der Waals surface area contributed by atoms with Crippen molar-refractivity contribution in [2.24, 2.45) is 5.92 Å². The van der Waals surface area contributed by atoms with Gasteiger partial charge in [0.05, 0.1) is 19.8 Å². The topological polar surface area (TPSA) is 27.7 Å². The molecule has 1 aliphatic rings. The van der Waals surface area contributed by atoms with Gasteiger partial charge in [0.25, 0.3) is 0 Å². The predicted molar refractivity (Wildman–Crippen MR) is 149 cm³/mol. The number of rotatable bonds is 13. The molecular weight excluding hydrogens is 501 g/mol. The van der Waals surface area contributed by atoms with E-state index in [9.17, 15) is 8.78 Å². The van der Waals surface area contributed by atoms with Crippen LogP contribution in [0.5, 0.6) is 5.75 Å². The molecule has 39 heavy (non-hydrogen) atoms. The SMILES string of the molecule is C=CCCCOc1ccc(-c2ccc(-c3ccc(C4OCC(CCCCCC)CO4)cc3F)cc2)c(F)c1F. The summed E-state index contributed by atoms with van der Waals surface area (Å²) in [5.74, 6) is -2.14. The Morgan fingerprint density at radius 2 is 1.54 bits per heavy atom. The lowest BCUT2D eigenvalue weighted by Gasteiger charge is -2.29. The highest BCUT2D eigenvalue weighted by Gasteiger charge is 2.24. The lowest BCUT2D eigenvalue weighted by atomic mass is 9.98. The summed E-state index contributed by atoms with van der Waals surface area (Å²) in [6, 6.07) is 14.6. The van der Waals surface area contributed by atoms with Crippen LogP contribution in [0.2, 0.25) is 0 Å². The van der Waals surface area contributed by atoms with E-state index in [1.165, 1.54) is 43.9 Å². The predicted octanol–water partition coefficient (Wildman–Crippen LogP) is 9.41. The van der Waals surface area contributed by atoms with Gasteiger partial charge >= 0.3 is 0 Å². The van der Waals surface area contributed by atoms with E-state index in [0.717, 1.165) is 12.8 Å². The lowest BCUT2D eigenvalue weighted by molar-refractivity contribution is -0.206. The van der Waals surface area contributed by atoms with Gasteiger partial charge in [-0.05, 0) is 48.6 Å². The Kier molecular flexibility index (Phi) is 10.6. The largest absolute Gasteiger partial charge is 0.490 e. The van der Waals surface area contributed by atoms with Gasteiger partial charge in [0.2, 0.25) is 5.82 Å². The van der Waals surface area contributed by atoms with Gasteiger partial charge in [-0.1, -0.05) is 75.1 Å². The second-order valence-corrected chi connectivity index (χ2v) is 10.0. The van der Waals surface area contributed by atoms with E-state index in [1.54, 1.807) is 42.5 Å². The maximum atomic E-state index is 15.1. The van der Waals surface area contributed by atoms with Crippen molar-refractivity contribution < 1.29 is 27.4 Å². The van der Waals surface area contributed by atoms with Crippen LogP contribution in [-0.4, -0.2) is 19.8 Å². The van der Waals surface area contributed by atoms with Gasteiger partial charge in [0, 0.05) is 22.6 Å². The standard InChI is InChI=1S/C33H37F3O3/c1-3-5-7-8-10-23-21-38-33(39-22-23)26-15-16-27(29(34)20-26)24-11-13-25(14-12-24)28-17-18-30(32(36)31(28)35)37-19-9-6-4-2/h4,11-18,20,23,33H,2-3,5-10,19,21-22H2,1H3. The van der Waals surface area contributed by atoms with Gasteiger partial charge in [-0.3, -0.25) is 0 Å². The number of halogens is 3. The maximum Gasteiger partial charge on any atom is 0.201 e. The third-order valence-electron chi connectivity index (χ3n) is 7.06. The Labute approximate surface area is 229 Å². The van der Waals surface area contributed by atoms with Crippen LogP contribution in [0.15, 0.2) is 67.3 Å². The third kappa shape index (κ3) is 7.52. The highest BCUT2D eigenvalue weighted by atomic mass is 19.2. The van der Waals surface area contributed by atoms with E-state index in [4.69, 9.17) is 14.2 Å². The number of hydrogen-bond acceptors (Lipinski definition) is 3. The summed E-state index contributed by atoms with van der Waals surface area (Å²) in [7, 11) is 0. The number of allylic oxidation sites excluding steroid dienone is 1. The second-order valence-electron chi connectivity index (χ2n) is 10.0. The first-order valence-electron chi connectivity index (χ1n) is 13.9. The molecule has 208 valence electrons. The summed E-state index contributed by atoms with van der Waals surface area (Å²) in [6.45, 7) is 7.33. The number of benzene rings is 3. The first-order valence-corrected chi connectivity index (χ1v) is 13.9. The first-order chi connectivity index (χ1) is 19.0. The molecule has 0 atom stereocenters. The van der Waals surface area contributed by atoms with E-state index in [2.05, 4.69) is 13.5 Å². The normalized spacial score (nSPS) is 17.2. The van der Waals surface area contributed by atoms with Crippen LogP contribution >= 0.6 is 0 Å². The van der Waals surface area contributed by atoms with Gasteiger partial charge in [0.15, 0.2) is 17.9 Å². The van der Waals surface area contributed by atoms with Crippen LogP contribution in [0.3, 0.4) is 0 Å². The van der Waals surface area contributed by atoms with Crippen LogP contribution in [0, 0.1) is 23.4 Å². The zero-order valence-corrected chi connectivity index (χ0v) is 22.6. The van der Waals surface area contributed by atoms with Crippen LogP contribution < -0.4 is 4.74 Å². The van der Waals surface area contributed by atoms with Gasteiger partial charge in [-0.15, -0.1) is 6.58 Å². The highest BCUT2D eigenvalue weighted by molar-refractivity contribution is 5.71. The summed E-state index contributed by atoms with van der Waals surface area (Å²) in [6.07, 6.45) is 8.54. The van der Waals surface area contributed by atoms with Crippen LogP contribution in [-0.2, 0) is 9.47 Å². The molecular formula is C33H37F3O3. The molecule has 4 rings (SSSR count). The average molecular weight is 539 g/mol. The van der Waals surface area contributed by atoms with Crippen molar-refractivity contribution in [3.63, 3.8) is 0 Å². The summed E-state index contributed by atoms with van der Waals surface area (Å²) in [5, 5.41) is 0. The molecule has 0 aromatic heterocycles. The quantitative estimate of drug-likeness (QED) is 0.160. The Bertz CT molecular complexity index is 1220. The van der Waals surface area contributed by atoms with Gasteiger partial charge < -0.3 is 14.2 Å². The molecule has 0 amide bonds. The molecule has 3 aromatic rings. The lowest BCUT2D eigenvalue weighted by Crippen LogP contribution is -2.27. The van der Waals surface area contributed by atoms with Crippen molar-refractivity contribution in [2.45, 2.75) is 58.2 Å². The fourth-order valence-electron chi connectivity index (χ4n) is 4.78. The van der Waals surface area contributed by atoms with Crippen molar-refractivity contribution in [3.8, 4) is 28.0 Å².